The smallest absolute Gasteiger partial charge is 0.157 e. The van der Waals surface area contributed by atoms with Gasteiger partial charge in [0.15, 0.2) is 5.78 Å². The second-order valence-corrected chi connectivity index (χ2v) is 5.51. The summed E-state index contributed by atoms with van der Waals surface area (Å²) in [5, 5.41) is 0. The van der Waals surface area contributed by atoms with Crippen LogP contribution in [-0.4, -0.2) is 25.6 Å². The van der Waals surface area contributed by atoms with Crippen LogP contribution in [0.1, 0.15) is 27.2 Å². The fraction of sp³-hybridized carbons (Fsp3) is 0.533. The summed E-state index contributed by atoms with van der Waals surface area (Å²) in [6.45, 7) is 8.07. The highest BCUT2D eigenvalue weighted by molar-refractivity contribution is 5.95. The Labute approximate surface area is 107 Å². The lowest BCUT2D eigenvalue weighted by atomic mass is 9.69. The second-order valence-electron chi connectivity index (χ2n) is 5.51. The highest BCUT2D eigenvalue weighted by atomic mass is 16.5. The molecule has 1 aliphatic heterocycles. The lowest BCUT2D eigenvalue weighted by Gasteiger charge is -2.33. The van der Waals surface area contributed by atoms with E-state index in [-0.39, 0.29) is 11.2 Å². The molecule has 0 spiro atoms. The van der Waals surface area contributed by atoms with Gasteiger partial charge < -0.3 is 9.47 Å². The van der Waals surface area contributed by atoms with Gasteiger partial charge in [0, 0.05) is 23.0 Å². The van der Waals surface area contributed by atoms with E-state index in [9.17, 15) is 4.79 Å². The van der Waals surface area contributed by atoms with Gasteiger partial charge in [-0.3, -0.25) is 4.79 Å². The number of allylic oxidation sites excluding steroid dienone is 4. The normalized spacial score (nSPS) is 31.7. The van der Waals surface area contributed by atoms with Crippen molar-refractivity contribution >= 4 is 5.78 Å². The Morgan fingerprint density at radius 1 is 1.28 bits per heavy atom. The van der Waals surface area contributed by atoms with Crippen LogP contribution in [0.3, 0.4) is 0 Å². The number of carbonyl (C=O) groups excluding carboxylic acids is 1. The average Bonchev–Trinajstić information content (AvgIpc) is 2.46. The van der Waals surface area contributed by atoms with Gasteiger partial charge in [0.2, 0.25) is 0 Å². The topological polar surface area (TPSA) is 35.5 Å². The first-order valence-electron chi connectivity index (χ1n) is 6.41. The number of fused-ring (bicyclic) bond motifs is 2. The van der Waals surface area contributed by atoms with Crippen LogP contribution in [0.25, 0.3) is 0 Å². The van der Waals surface area contributed by atoms with Gasteiger partial charge in [-0.25, -0.2) is 0 Å². The van der Waals surface area contributed by atoms with Crippen LogP contribution in [-0.2, 0) is 14.3 Å². The largest absolute Gasteiger partial charge is 0.490 e. The molecule has 1 unspecified atom stereocenters. The summed E-state index contributed by atoms with van der Waals surface area (Å²) >= 11 is 0. The fourth-order valence-corrected chi connectivity index (χ4v) is 3.35. The first-order chi connectivity index (χ1) is 8.54. The second kappa shape index (κ2) is 3.82. The van der Waals surface area contributed by atoms with Crippen LogP contribution >= 0.6 is 0 Å². The molecule has 1 heterocycles. The van der Waals surface area contributed by atoms with E-state index in [0.717, 1.165) is 16.9 Å². The van der Waals surface area contributed by atoms with Crippen molar-refractivity contribution in [3.8, 4) is 0 Å². The average molecular weight is 246 g/mol. The molecule has 3 rings (SSSR count). The molecule has 0 amide bonds. The van der Waals surface area contributed by atoms with Gasteiger partial charge in [-0.05, 0) is 25.5 Å². The highest BCUT2D eigenvalue weighted by Gasteiger charge is 2.46. The summed E-state index contributed by atoms with van der Waals surface area (Å²) in [4.78, 5) is 11.8. The minimum atomic E-state index is -0.193. The Hall–Kier alpha value is -1.35. The molecule has 0 bridgehead atoms. The lowest BCUT2D eigenvalue weighted by Crippen LogP contribution is -2.27. The van der Waals surface area contributed by atoms with E-state index in [1.54, 1.807) is 6.08 Å². The maximum Gasteiger partial charge on any atom is 0.157 e. The molecule has 18 heavy (non-hydrogen) atoms. The predicted molar refractivity (Wildman–Crippen MR) is 68.0 cm³/mol. The molecule has 96 valence electrons. The third kappa shape index (κ3) is 1.43. The third-order valence-corrected chi connectivity index (χ3v) is 4.35. The summed E-state index contributed by atoms with van der Waals surface area (Å²) in [5.74, 6) is 1.17. The molecular formula is C15H18O3. The Balaban J connectivity index is 2.21. The predicted octanol–water partition coefficient (Wildman–Crippen LogP) is 2.54. The molecule has 0 aromatic carbocycles. The Kier molecular flexibility index (Phi) is 2.49. The summed E-state index contributed by atoms with van der Waals surface area (Å²) in [7, 11) is 0. The van der Waals surface area contributed by atoms with Crippen molar-refractivity contribution in [1.82, 2.24) is 0 Å². The number of hydrogen-bond donors (Lipinski definition) is 0. The minimum Gasteiger partial charge on any atom is -0.490 e. The highest BCUT2D eigenvalue weighted by Crippen LogP contribution is 2.54. The van der Waals surface area contributed by atoms with Crippen molar-refractivity contribution in [2.45, 2.75) is 27.2 Å². The molecule has 0 aromatic heterocycles. The van der Waals surface area contributed by atoms with Crippen molar-refractivity contribution in [3.63, 3.8) is 0 Å². The Morgan fingerprint density at radius 3 is 2.83 bits per heavy atom. The summed E-state index contributed by atoms with van der Waals surface area (Å²) in [6.07, 6.45) is 2.29. The maximum atomic E-state index is 11.8. The Bertz CT molecular complexity index is 522. The molecule has 0 radical (unpaired) electrons. The van der Waals surface area contributed by atoms with Crippen LogP contribution in [0, 0.1) is 5.41 Å². The molecule has 1 fully saturated rings. The van der Waals surface area contributed by atoms with Gasteiger partial charge in [-0.2, -0.15) is 0 Å². The molecule has 3 heteroatoms. The van der Waals surface area contributed by atoms with E-state index in [0.29, 0.717) is 26.2 Å². The molecule has 2 aliphatic carbocycles. The number of carbonyl (C=O) groups is 1. The van der Waals surface area contributed by atoms with Crippen LogP contribution < -0.4 is 0 Å². The zero-order valence-electron chi connectivity index (χ0n) is 11.1. The molecule has 3 nitrogen and oxygen atoms in total. The Morgan fingerprint density at radius 2 is 2.06 bits per heavy atom. The quantitative estimate of drug-likeness (QED) is 0.659. The molecule has 0 N–H and O–H groups in total. The van der Waals surface area contributed by atoms with Crippen LogP contribution in [0.4, 0.5) is 0 Å². The number of rotatable bonds is 0. The molecule has 3 aliphatic rings. The summed E-state index contributed by atoms with van der Waals surface area (Å²) in [5.41, 5.74) is 4.42. The van der Waals surface area contributed by atoms with Gasteiger partial charge in [0.1, 0.15) is 12.4 Å². The molecule has 1 atom stereocenters. The van der Waals surface area contributed by atoms with Crippen molar-refractivity contribution in [2.24, 2.45) is 5.41 Å². The zero-order valence-corrected chi connectivity index (χ0v) is 11.1. The summed E-state index contributed by atoms with van der Waals surface area (Å²) < 4.78 is 11.5. The molecule has 1 saturated heterocycles. The van der Waals surface area contributed by atoms with E-state index in [1.807, 2.05) is 6.92 Å². The standard InChI is InChI=1S/C15H18O3/c1-9-6-11(16)7-15(3)10(2)12-8-17-4-5-18-14(12)13(9)15/h6H,4-5,7-8H2,1-3H3. The van der Waals surface area contributed by atoms with Gasteiger partial charge in [-0.15, -0.1) is 0 Å². The summed E-state index contributed by atoms with van der Waals surface area (Å²) in [6, 6.07) is 0. The van der Waals surface area contributed by atoms with Crippen LogP contribution in [0.5, 0.6) is 0 Å². The van der Waals surface area contributed by atoms with Crippen molar-refractivity contribution in [1.29, 1.82) is 0 Å². The minimum absolute atomic E-state index is 0.193. The number of ketones is 1. The first-order valence-corrected chi connectivity index (χ1v) is 6.41. The lowest BCUT2D eigenvalue weighted by molar-refractivity contribution is -0.116. The fourth-order valence-electron chi connectivity index (χ4n) is 3.35. The van der Waals surface area contributed by atoms with Gasteiger partial charge >= 0.3 is 0 Å². The SMILES string of the molecule is CC1=CC(=O)CC2(C)C(C)=C3COCCOC3=C12. The van der Waals surface area contributed by atoms with Crippen LogP contribution in [0.15, 0.2) is 34.1 Å². The van der Waals surface area contributed by atoms with E-state index in [1.165, 1.54) is 11.1 Å². The molecule has 0 aromatic rings. The van der Waals surface area contributed by atoms with Gasteiger partial charge in [0.25, 0.3) is 0 Å². The zero-order chi connectivity index (χ0) is 12.9. The van der Waals surface area contributed by atoms with Crippen molar-refractivity contribution in [2.75, 3.05) is 19.8 Å². The van der Waals surface area contributed by atoms with Crippen molar-refractivity contribution < 1.29 is 14.3 Å². The molecular weight excluding hydrogens is 228 g/mol. The van der Waals surface area contributed by atoms with Gasteiger partial charge in [-0.1, -0.05) is 12.5 Å². The first kappa shape index (κ1) is 11.7. The van der Waals surface area contributed by atoms with Crippen molar-refractivity contribution in [3.05, 3.63) is 34.1 Å². The number of ether oxygens (including phenoxy) is 2. The molecule has 0 saturated carbocycles. The van der Waals surface area contributed by atoms with Crippen LogP contribution in [0.2, 0.25) is 0 Å². The van der Waals surface area contributed by atoms with E-state index < -0.39 is 0 Å². The maximum absolute atomic E-state index is 11.8. The monoisotopic (exact) mass is 246 g/mol. The third-order valence-electron chi connectivity index (χ3n) is 4.35. The van der Waals surface area contributed by atoms with Gasteiger partial charge in [0.05, 0.1) is 13.2 Å². The van der Waals surface area contributed by atoms with E-state index in [4.69, 9.17) is 9.47 Å². The van der Waals surface area contributed by atoms with E-state index in [2.05, 4.69) is 13.8 Å². The van der Waals surface area contributed by atoms with E-state index >= 15 is 0 Å². The number of hydrogen-bond acceptors (Lipinski definition) is 3.